The Balaban J connectivity index is 2.35. The zero-order chi connectivity index (χ0) is 10.8. The van der Waals surface area contributed by atoms with Crippen LogP contribution in [0.2, 0.25) is 0 Å². The number of rotatable bonds is 1. The van der Waals surface area contributed by atoms with Crippen molar-refractivity contribution in [2.45, 2.75) is 37.0 Å². The first-order valence-corrected chi connectivity index (χ1v) is 5.72. The maximum atomic E-state index is 13.5. The average molecular weight is 231 g/mol. The predicted molar refractivity (Wildman–Crippen MR) is 57.2 cm³/mol. The molecule has 0 saturated heterocycles. The Morgan fingerprint density at radius 1 is 1.07 bits per heavy atom. The van der Waals surface area contributed by atoms with Crippen LogP contribution in [-0.4, -0.2) is 5.38 Å². The van der Waals surface area contributed by atoms with Crippen molar-refractivity contribution in [2.24, 2.45) is 0 Å². The third-order valence-electron chi connectivity index (χ3n) is 3.05. The topological polar surface area (TPSA) is 0 Å². The lowest BCUT2D eigenvalue weighted by molar-refractivity contribution is 0.419. The number of hydrogen-bond donors (Lipinski definition) is 0. The summed E-state index contributed by atoms with van der Waals surface area (Å²) in [4.78, 5) is 0. The van der Waals surface area contributed by atoms with Gasteiger partial charge in [0.05, 0.1) is 0 Å². The molecule has 0 nitrogen and oxygen atoms in total. The molecule has 0 bridgehead atoms. The highest BCUT2D eigenvalue weighted by molar-refractivity contribution is 6.21. The van der Waals surface area contributed by atoms with Gasteiger partial charge in [-0.05, 0) is 25.0 Å². The third-order valence-corrected chi connectivity index (χ3v) is 3.57. The molecule has 1 aromatic carbocycles. The standard InChI is InChI=1S/C12H13ClF2/c13-9-5-2-1-4-8(9)12-10(14)6-3-7-11(12)15/h3,6-9H,1-2,4-5H2. The molecule has 0 aromatic heterocycles. The quantitative estimate of drug-likeness (QED) is 0.634. The maximum absolute atomic E-state index is 13.5. The Morgan fingerprint density at radius 2 is 1.67 bits per heavy atom. The molecule has 1 aliphatic carbocycles. The van der Waals surface area contributed by atoms with Crippen LogP contribution in [0.4, 0.5) is 8.78 Å². The fraction of sp³-hybridized carbons (Fsp3) is 0.500. The van der Waals surface area contributed by atoms with E-state index in [0.717, 1.165) is 25.7 Å². The van der Waals surface area contributed by atoms with Crippen LogP contribution in [0.5, 0.6) is 0 Å². The first kappa shape index (κ1) is 10.9. The molecule has 3 heteroatoms. The summed E-state index contributed by atoms with van der Waals surface area (Å²) in [5.74, 6) is -1.10. The van der Waals surface area contributed by atoms with Crippen LogP contribution in [0.25, 0.3) is 0 Å². The minimum atomic E-state index is -0.465. The monoisotopic (exact) mass is 230 g/mol. The van der Waals surface area contributed by atoms with Gasteiger partial charge >= 0.3 is 0 Å². The van der Waals surface area contributed by atoms with Gasteiger partial charge in [-0.15, -0.1) is 11.6 Å². The highest BCUT2D eigenvalue weighted by Gasteiger charge is 2.29. The Bertz CT molecular complexity index is 331. The smallest absolute Gasteiger partial charge is 0.129 e. The molecule has 1 aromatic rings. The second kappa shape index (κ2) is 4.48. The molecule has 0 heterocycles. The Kier molecular flexibility index (Phi) is 3.25. The van der Waals surface area contributed by atoms with Crippen LogP contribution < -0.4 is 0 Å². The van der Waals surface area contributed by atoms with E-state index < -0.39 is 11.6 Å². The van der Waals surface area contributed by atoms with Gasteiger partial charge in [-0.1, -0.05) is 18.9 Å². The lowest BCUT2D eigenvalue weighted by Gasteiger charge is -2.27. The Hall–Kier alpha value is -0.630. The summed E-state index contributed by atoms with van der Waals surface area (Å²) in [5, 5.41) is -0.134. The second-order valence-corrected chi connectivity index (χ2v) is 4.60. The van der Waals surface area contributed by atoms with Gasteiger partial charge < -0.3 is 0 Å². The van der Waals surface area contributed by atoms with Gasteiger partial charge in [0.25, 0.3) is 0 Å². The summed E-state index contributed by atoms with van der Waals surface area (Å²) in [6.45, 7) is 0. The first-order chi connectivity index (χ1) is 7.20. The Labute approximate surface area is 93.2 Å². The van der Waals surface area contributed by atoms with Crippen molar-refractivity contribution < 1.29 is 8.78 Å². The zero-order valence-electron chi connectivity index (χ0n) is 8.35. The van der Waals surface area contributed by atoms with Crippen molar-refractivity contribution in [2.75, 3.05) is 0 Å². The lowest BCUT2D eigenvalue weighted by atomic mass is 9.83. The molecule has 1 saturated carbocycles. The van der Waals surface area contributed by atoms with E-state index in [1.54, 1.807) is 0 Å². The molecule has 82 valence electrons. The average Bonchev–Trinajstić information content (AvgIpc) is 2.20. The SMILES string of the molecule is Fc1cccc(F)c1C1CCCCC1Cl. The predicted octanol–water partition coefficient (Wildman–Crippen LogP) is 4.23. The minimum absolute atomic E-state index is 0.134. The number of hydrogen-bond acceptors (Lipinski definition) is 0. The van der Waals surface area contributed by atoms with Gasteiger partial charge in [0.1, 0.15) is 11.6 Å². The maximum Gasteiger partial charge on any atom is 0.129 e. The minimum Gasteiger partial charge on any atom is -0.207 e. The highest BCUT2D eigenvalue weighted by Crippen LogP contribution is 2.38. The van der Waals surface area contributed by atoms with E-state index in [1.165, 1.54) is 18.2 Å². The van der Waals surface area contributed by atoms with E-state index in [-0.39, 0.29) is 16.9 Å². The van der Waals surface area contributed by atoms with E-state index in [2.05, 4.69) is 0 Å². The summed E-state index contributed by atoms with van der Waals surface area (Å²) in [6, 6.07) is 3.99. The van der Waals surface area contributed by atoms with Crippen LogP contribution >= 0.6 is 11.6 Å². The number of alkyl halides is 1. The van der Waals surface area contributed by atoms with E-state index in [4.69, 9.17) is 11.6 Å². The van der Waals surface area contributed by atoms with Crippen LogP contribution in [0.3, 0.4) is 0 Å². The molecule has 2 atom stereocenters. The lowest BCUT2D eigenvalue weighted by Crippen LogP contribution is -2.20. The molecule has 0 aliphatic heterocycles. The summed E-state index contributed by atoms with van der Waals surface area (Å²) >= 11 is 6.13. The normalized spacial score (nSPS) is 26.6. The van der Waals surface area contributed by atoms with E-state index in [1.807, 2.05) is 0 Å². The highest BCUT2D eigenvalue weighted by atomic mass is 35.5. The molecule has 0 amide bonds. The van der Waals surface area contributed by atoms with Crippen molar-refractivity contribution in [3.8, 4) is 0 Å². The molecule has 1 fully saturated rings. The van der Waals surface area contributed by atoms with Crippen molar-refractivity contribution in [1.82, 2.24) is 0 Å². The van der Waals surface area contributed by atoms with Crippen molar-refractivity contribution in [3.05, 3.63) is 35.4 Å². The first-order valence-electron chi connectivity index (χ1n) is 5.28. The fourth-order valence-electron chi connectivity index (χ4n) is 2.28. The van der Waals surface area contributed by atoms with Gasteiger partial charge in [-0.3, -0.25) is 0 Å². The molecule has 2 unspecified atom stereocenters. The van der Waals surface area contributed by atoms with Gasteiger partial charge in [0, 0.05) is 16.9 Å². The van der Waals surface area contributed by atoms with Crippen LogP contribution in [0, 0.1) is 11.6 Å². The van der Waals surface area contributed by atoms with Gasteiger partial charge in [0.15, 0.2) is 0 Å². The van der Waals surface area contributed by atoms with Gasteiger partial charge in [0.2, 0.25) is 0 Å². The summed E-state index contributed by atoms with van der Waals surface area (Å²) in [6.07, 6.45) is 3.69. The second-order valence-electron chi connectivity index (χ2n) is 4.04. The molecule has 2 rings (SSSR count). The van der Waals surface area contributed by atoms with Crippen molar-refractivity contribution in [1.29, 1.82) is 0 Å². The molecular weight excluding hydrogens is 218 g/mol. The van der Waals surface area contributed by atoms with Crippen LogP contribution in [-0.2, 0) is 0 Å². The number of benzene rings is 1. The summed E-state index contributed by atoms with van der Waals surface area (Å²) in [5.41, 5.74) is 0.178. The number of halogens is 3. The van der Waals surface area contributed by atoms with E-state index in [9.17, 15) is 8.78 Å². The zero-order valence-corrected chi connectivity index (χ0v) is 9.11. The summed E-state index contributed by atoms with van der Waals surface area (Å²) in [7, 11) is 0. The van der Waals surface area contributed by atoms with Gasteiger partial charge in [-0.25, -0.2) is 8.78 Å². The van der Waals surface area contributed by atoms with Crippen molar-refractivity contribution in [3.63, 3.8) is 0 Å². The largest absolute Gasteiger partial charge is 0.207 e. The van der Waals surface area contributed by atoms with Crippen LogP contribution in [0.1, 0.15) is 37.2 Å². The van der Waals surface area contributed by atoms with E-state index in [0.29, 0.717) is 0 Å². The third kappa shape index (κ3) is 2.15. The molecule has 0 N–H and O–H groups in total. The summed E-state index contributed by atoms with van der Waals surface area (Å²) < 4.78 is 27.0. The van der Waals surface area contributed by atoms with Gasteiger partial charge in [-0.2, -0.15) is 0 Å². The molecular formula is C12H13ClF2. The van der Waals surface area contributed by atoms with Crippen molar-refractivity contribution >= 4 is 11.6 Å². The van der Waals surface area contributed by atoms with E-state index >= 15 is 0 Å². The molecule has 0 spiro atoms. The molecule has 1 aliphatic rings. The molecule has 0 radical (unpaired) electrons. The molecule has 15 heavy (non-hydrogen) atoms. The Morgan fingerprint density at radius 3 is 2.27 bits per heavy atom. The fourth-order valence-corrected chi connectivity index (χ4v) is 2.68. The van der Waals surface area contributed by atoms with Crippen LogP contribution in [0.15, 0.2) is 18.2 Å².